The quantitative estimate of drug-likeness (QED) is 0.818. The van der Waals surface area contributed by atoms with E-state index in [1.54, 1.807) is 0 Å². The maximum atomic E-state index is 12.1. The second-order valence-electron chi connectivity index (χ2n) is 5.68. The molecule has 1 fully saturated rings. The van der Waals surface area contributed by atoms with Crippen molar-refractivity contribution >= 4 is 17.3 Å². The van der Waals surface area contributed by atoms with Crippen LogP contribution in [0.2, 0.25) is 0 Å². The van der Waals surface area contributed by atoms with Crippen molar-refractivity contribution in [3.05, 3.63) is 18.2 Å². The zero-order valence-electron chi connectivity index (χ0n) is 12.9. The van der Waals surface area contributed by atoms with Gasteiger partial charge in [-0.15, -0.1) is 0 Å². The SMILES string of the molecule is CC(C)Oc1cccc(NCC(=O)N2CCCCC2)c1N. The van der Waals surface area contributed by atoms with E-state index < -0.39 is 0 Å². The molecule has 0 spiro atoms. The minimum atomic E-state index is 0.0672. The predicted molar refractivity (Wildman–Crippen MR) is 85.5 cm³/mol. The standard InChI is InChI=1S/C16H25N3O2/c1-12(2)21-14-8-6-7-13(16(14)17)18-11-15(20)19-9-4-3-5-10-19/h6-8,12,18H,3-5,9-11,17H2,1-2H3. The fraction of sp³-hybridized carbons (Fsp3) is 0.562. The summed E-state index contributed by atoms with van der Waals surface area (Å²) in [5, 5.41) is 3.13. The van der Waals surface area contributed by atoms with Gasteiger partial charge in [0.15, 0.2) is 0 Å². The van der Waals surface area contributed by atoms with Crippen molar-refractivity contribution in [2.75, 3.05) is 30.7 Å². The van der Waals surface area contributed by atoms with Crippen molar-refractivity contribution in [2.24, 2.45) is 0 Å². The van der Waals surface area contributed by atoms with Gasteiger partial charge in [0.25, 0.3) is 0 Å². The Morgan fingerprint density at radius 3 is 2.71 bits per heavy atom. The van der Waals surface area contributed by atoms with Crippen LogP contribution in [0.3, 0.4) is 0 Å². The van der Waals surface area contributed by atoms with Crippen LogP contribution in [-0.4, -0.2) is 36.5 Å². The van der Waals surface area contributed by atoms with E-state index in [2.05, 4.69) is 5.32 Å². The Morgan fingerprint density at radius 1 is 1.33 bits per heavy atom. The maximum absolute atomic E-state index is 12.1. The molecule has 0 aromatic heterocycles. The fourth-order valence-electron chi connectivity index (χ4n) is 2.48. The molecule has 21 heavy (non-hydrogen) atoms. The van der Waals surface area contributed by atoms with Crippen molar-refractivity contribution in [3.8, 4) is 5.75 Å². The topological polar surface area (TPSA) is 67.6 Å². The second kappa shape index (κ2) is 7.20. The highest BCUT2D eigenvalue weighted by Gasteiger charge is 2.16. The first-order valence-electron chi connectivity index (χ1n) is 7.64. The highest BCUT2D eigenvalue weighted by atomic mass is 16.5. The van der Waals surface area contributed by atoms with Gasteiger partial charge in [-0.2, -0.15) is 0 Å². The largest absolute Gasteiger partial charge is 0.489 e. The van der Waals surface area contributed by atoms with Gasteiger partial charge in [0.2, 0.25) is 5.91 Å². The van der Waals surface area contributed by atoms with Crippen LogP contribution in [-0.2, 0) is 4.79 Å². The summed E-state index contributed by atoms with van der Waals surface area (Å²) in [7, 11) is 0. The van der Waals surface area contributed by atoms with Crippen molar-refractivity contribution in [3.63, 3.8) is 0 Å². The average molecular weight is 291 g/mol. The third-order valence-electron chi connectivity index (χ3n) is 3.57. The van der Waals surface area contributed by atoms with Gasteiger partial charge < -0.3 is 20.7 Å². The number of hydrogen-bond acceptors (Lipinski definition) is 4. The number of hydrogen-bond donors (Lipinski definition) is 2. The van der Waals surface area contributed by atoms with Gasteiger partial charge in [0.05, 0.1) is 24.0 Å². The van der Waals surface area contributed by atoms with Crippen LogP contribution in [0.15, 0.2) is 18.2 Å². The van der Waals surface area contributed by atoms with Gasteiger partial charge >= 0.3 is 0 Å². The number of likely N-dealkylation sites (tertiary alicyclic amines) is 1. The first kappa shape index (κ1) is 15.5. The van der Waals surface area contributed by atoms with Crippen LogP contribution >= 0.6 is 0 Å². The zero-order chi connectivity index (χ0) is 15.2. The molecule has 1 aliphatic heterocycles. The van der Waals surface area contributed by atoms with Crippen molar-refractivity contribution in [2.45, 2.75) is 39.2 Å². The Kier molecular flexibility index (Phi) is 5.31. The molecule has 5 nitrogen and oxygen atoms in total. The Bertz CT molecular complexity index is 482. The van der Waals surface area contributed by atoms with Gasteiger partial charge in [-0.3, -0.25) is 4.79 Å². The molecule has 1 saturated heterocycles. The van der Waals surface area contributed by atoms with Crippen LogP contribution < -0.4 is 15.8 Å². The Morgan fingerprint density at radius 2 is 2.05 bits per heavy atom. The number of nitrogens with two attached hydrogens (primary N) is 1. The molecule has 1 aliphatic rings. The summed E-state index contributed by atoms with van der Waals surface area (Å²) in [6.45, 7) is 5.92. The number of para-hydroxylation sites is 1. The van der Waals surface area contributed by atoms with Crippen molar-refractivity contribution in [1.29, 1.82) is 0 Å². The summed E-state index contributed by atoms with van der Waals surface area (Å²) in [6, 6.07) is 5.58. The van der Waals surface area contributed by atoms with E-state index in [0.29, 0.717) is 11.4 Å². The molecule has 1 aromatic carbocycles. The number of rotatable bonds is 5. The third kappa shape index (κ3) is 4.28. The Hall–Kier alpha value is -1.91. The van der Waals surface area contributed by atoms with Gasteiger partial charge in [-0.25, -0.2) is 0 Å². The van der Waals surface area contributed by atoms with Crippen molar-refractivity contribution in [1.82, 2.24) is 4.90 Å². The zero-order valence-corrected chi connectivity index (χ0v) is 12.9. The van der Waals surface area contributed by atoms with E-state index in [-0.39, 0.29) is 18.6 Å². The minimum Gasteiger partial charge on any atom is -0.489 e. The van der Waals surface area contributed by atoms with E-state index in [9.17, 15) is 4.79 Å². The van der Waals surface area contributed by atoms with E-state index >= 15 is 0 Å². The molecule has 0 saturated carbocycles. The summed E-state index contributed by atoms with van der Waals surface area (Å²) in [5.74, 6) is 0.782. The molecule has 1 heterocycles. The van der Waals surface area contributed by atoms with Crippen LogP contribution in [0.1, 0.15) is 33.1 Å². The van der Waals surface area contributed by atoms with Crippen LogP contribution in [0.4, 0.5) is 11.4 Å². The molecule has 0 unspecified atom stereocenters. The van der Waals surface area contributed by atoms with Gasteiger partial charge in [0.1, 0.15) is 5.75 Å². The number of nitrogens with one attached hydrogen (secondary N) is 1. The molecule has 3 N–H and O–H groups in total. The molecular formula is C16H25N3O2. The molecule has 0 radical (unpaired) electrons. The summed E-state index contributed by atoms with van der Waals surface area (Å²) >= 11 is 0. The molecule has 0 aliphatic carbocycles. The lowest BCUT2D eigenvalue weighted by Gasteiger charge is -2.27. The third-order valence-corrected chi connectivity index (χ3v) is 3.57. The molecule has 116 valence electrons. The number of carbonyl (C=O) groups is 1. The lowest BCUT2D eigenvalue weighted by atomic mass is 10.1. The summed E-state index contributed by atoms with van der Waals surface area (Å²) in [6.07, 6.45) is 3.49. The predicted octanol–water partition coefficient (Wildman–Crippen LogP) is 2.48. The van der Waals surface area contributed by atoms with E-state index in [4.69, 9.17) is 10.5 Å². The van der Waals surface area contributed by atoms with Crippen molar-refractivity contribution < 1.29 is 9.53 Å². The smallest absolute Gasteiger partial charge is 0.241 e. The normalized spacial score (nSPS) is 15.1. The summed E-state index contributed by atoms with van der Waals surface area (Å²) < 4.78 is 5.65. The number of nitrogen functional groups attached to an aromatic ring is 1. The number of piperidine rings is 1. The average Bonchev–Trinajstić information content (AvgIpc) is 2.48. The number of carbonyl (C=O) groups excluding carboxylic acids is 1. The summed E-state index contributed by atoms with van der Waals surface area (Å²) in [5.41, 5.74) is 7.39. The number of ether oxygens (including phenoxy) is 1. The molecule has 0 bridgehead atoms. The molecular weight excluding hydrogens is 266 g/mol. The molecule has 5 heteroatoms. The van der Waals surface area contributed by atoms with E-state index in [1.165, 1.54) is 6.42 Å². The number of nitrogens with zero attached hydrogens (tertiary/aromatic N) is 1. The minimum absolute atomic E-state index is 0.0672. The van der Waals surface area contributed by atoms with Gasteiger partial charge in [0, 0.05) is 13.1 Å². The lowest BCUT2D eigenvalue weighted by molar-refractivity contribution is -0.130. The molecule has 1 amide bonds. The molecule has 2 rings (SSSR count). The first-order valence-corrected chi connectivity index (χ1v) is 7.64. The first-order chi connectivity index (χ1) is 10.1. The fourth-order valence-corrected chi connectivity index (χ4v) is 2.48. The van der Waals surface area contributed by atoms with Crippen LogP contribution in [0, 0.1) is 0 Å². The van der Waals surface area contributed by atoms with E-state index in [0.717, 1.165) is 31.6 Å². The Balaban J connectivity index is 1.94. The monoisotopic (exact) mass is 291 g/mol. The Labute approximate surface area is 126 Å². The number of benzene rings is 1. The van der Waals surface area contributed by atoms with Crippen LogP contribution in [0.25, 0.3) is 0 Å². The highest BCUT2D eigenvalue weighted by Crippen LogP contribution is 2.30. The number of amides is 1. The van der Waals surface area contributed by atoms with Gasteiger partial charge in [-0.05, 0) is 45.2 Å². The second-order valence-corrected chi connectivity index (χ2v) is 5.68. The summed E-state index contributed by atoms with van der Waals surface area (Å²) in [4.78, 5) is 14.1. The number of anilines is 2. The molecule has 1 aromatic rings. The van der Waals surface area contributed by atoms with E-state index in [1.807, 2.05) is 36.9 Å². The molecule has 0 atom stereocenters. The van der Waals surface area contributed by atoms with Gasteiger partial charge in [-0.1, -0.05) is 6.07 Å². The highest BCUT2D eigenvalue weighted by molar-refractivity contribution is 5.83. The maximum Gasteiger partial charge on any atom is 0.241 e. The lowest BCUT2D eigenvalue weighted by Crippen LogP contribution is -2.39. The van der Waals surface area contributed by atoms with Crippen LogP contribution in [0.5, 0.6) is 5.75 Å².